The summed E-state index contributed by atoms with van der Waals surface area (Å²) >= 11 is 3.07. The fraction of sp³-hybridized carbons (Fsp3) is 0.333. The number of rotatable bonds is 6. The number of thioether (sulfide) groups is 1. The van der Waals surface area contributed by atoms with Gasteiger partial charge < -0.3 is 10.2 Å². The first kappa shape index (κ1) is 20.8. The van der Waals surface area contributed by atoms with Crippen LogP contribution in [0.4, 0.5) is 0 Å². The second kappa shape index (κ2) is 9.11. The van der Waals surface area contributed by atoms with Crippen molar-refractivity contribution in [3.8, 4) is 0 Å². The van der Waals surface area contributed by atoms with Gasteiger partial charge in [-0.3, -0.25) is 14.9 Å². The molecule has 0 spiro atoms. The van der Waals surface area contributed by atoms with Crippen LogP contribution in [0.2, 0.25) is 0 Å². The zero-order valence-electron chi connectivity index (χ0n) is 16.2. The Morgan fingerprint density at radius 2 is 2.13 bits per heavy atom. The van der Waals surface area contributed by atoms with Crippen molar-refractivity contribution in [2.45, 2.75) is 31.2 Å². The summed E-state index contributed by atoms with van der Waals surface area (Å²) in [5.41, 5.74) is 2.63. The molecule has 0 aliphatic carbocycles. The third kappa shape index (κ3) is 4.80. The maximum Gasteiger partial charge on any atom is 0.351 e. The Hall–Kier alpha value is -2.49. The molecule has 2 aromatic rings. The van der Waals surface area contributed by atoms with Crippen molar-refractivity contribution >= 4 is 40.7 Å². The summed E-state index contributed by atoms with van der Waals surface area (Å²) in [6.45, 7) is 2.71. The van der Waals surface area contributed by atoms with Gasteiger partial charge in [0.1, 0.15) is 5.71 Å². The predicted molar refractivity (Wildman–Crippen MR) is 117 cm³/mol. The van der Waals surface area contributed by atoms with E-state index >= 15 is 0 Å². The lowest BCUT2D eigenvalue weighted by molar-refractivity contribution is -0.133. The molecular formula is C21H21N3O4S2. The summed E-state index contributed by atoms with van der Waals surface area (Å²) in [5, 5.41) is 18.4. The molecular weight excluding hydrogens is 422 g/mol. The Morgan fingerprint density at radius 1 is 1.27 bits per heavy atom. The Morgan fingerprint density at radius 3 is 2.87 bits per heavy atom. The number of carbonyl (C=O) groups is 2. The van der Waals surface area contributed by atoms with Crippen molar-refractivity contribution in [2.75, 3.05) is 12.3 Å². The Labute approximate surface area is 182 Å². The normalized spacial score (nSPS) is 19.4. The van der Waals surface area contributed by atoms with Crippen molar-refractivity contribution in [2.24, 2.45) is 4.99 Å². The Bertz CT molecular complexity index is 1020. The lowest BCUT2D eigenvalue weighted by Gasteiger charge is -2.26. The standard InChI is InChI=1S/C21H21N3O4S2/c25-20(26)16-9-23-17(21(27)28)12-29-19(16)7-15-6-14-11-24(5-3-18(14)30-15)10-13-2-1-4-22-8-13/h1-2,4,6,8-9,19H,3,5,7,10-12H2,(H,25,26)(H,27,28). The lowest BCUT2D eigenvalue weighted by Crippen LogP contribution is -2.29. The van der Waals surface area contributed by atoms with Crippen molar-refractivity contribution in [1.82, 2.24) is 9.88 Å². The lowest BCUT2D eigenvalue weighted by atomic mass is 10.1. The summed E-state index contributed by atoms with van der Waals surface area (Å²) in [6, 6.07) is 6.21. The zero-order chi connectivity index (χ0) is 21.1. The summed E-state index contributed by atoms with van der Waals surface area (Å²) in [6.07, 6.45) is 6.42. The number of carboxylic acid groups (broad SMARTS) is 2. The minimum absolute atomic E-state index is 0.0160. The molecule has 0 aromatic carbocycles. The van der Waals surface area contributed by atoms with Gasteiger partial charge in [-0.15, -0.1) is 23.1 Å². The molecule has 4 heterocycles. The average Bonchev–Trinajstić information content (AvgIpc) is 2.98. The number of carboxylic acids is 2. The van der Waals surface area contributed by atoms with Gasteiger partial charge in [0.2, 0.25) is 0 Å². The molecule has 0 amide bonds. The molecule has 7 nitrogen and oxygen atoms in total. The number of aliphatic carboxylic acids is 2. The SMILES string of the molecule is O=C(O)C1=CN=C(C(=O)O)CSC1Cc1cc2c(s1)CCN(Cc1cccnc1)C2. The van der Waals surface area contributed by atoms with E-state index in [-0.39, 0.29) is 22.3 Å². The molecule has 1 atom stereocenters. The second-order valence-electron chi connectivity index (χ2n) is 7.26. The van der Waals surface area contributed by atoms with Crippen molar-refractivity contribution in [1.29, 1.82) is 0 Å². The van der Waals surface area contributed by atoms with E-state index in [1.165, 1.54) is 34.0 Å². The number of hydrogen-bond acceptors (Lipinski definition) is 7. The number of thiophene rings is 1. The highest BCUT2D eigenvalue weighted by Gasteiger charge is 2.28. The van der Waals surface area contributed by atoms with Crippen LogP contribution in [0, 0.1) is 0 Å². The number of aromatic nitrogens is 1. The Balaban J connectivity index is 1.45. The molecule has 2 aromatic heterocycles. The van der Waals surface area contributed by atoms with Crippen LogP contribution >= 0.6 is 23.1 Å². The second-order valence-corrected chi connectivity index (χ2v) is 9.67. The molecule has 30 heavy (non-hydrogen) atoms. The van der Waals surface area contributed by atoms with E-state index < -0.39 is 11.9 Å². The van der Waals surface area contributed by atoms with E-state index in [0.29, 0.717) is 6.42 Å². The molecule has 0 fully saturated rings. The molecule has 2 aliphatic rings. The fourth-order valence-corrected chi connectivity index (χ4v) is 6.15. The van der Waals surface area contributed by atoms with Gasteiger partial charge in [0.15, 0.2) is 0 Å². The maximum absolute atomic E-state index is 11.7. The van der Waals surface area contributed by atoms with Gasteiger partial charge in [-0.25, -0.2) is 9.59 Å². The first-order valence-electron chi connectivity index (χ1n) is 9.56. The number of fused-ring (bicyclic) bond motifs is 1. The van der Waals surface area contributed by atoms with Gasteiger partial charge in [-0.05, 0) is 36.1 Å². The van der Waals surface area contributed by atoms with Crippen LogP contribution < -0.4 is 0 Å². The molecule has 1 unspecified atom stereocenters. The van der Waals surface area contributed by atoms with Gasteiger partial charge in [0, 0.05) is 59.0 Å². The Kier molecular flexibility index (Phi) is 6.31. The molecule has 0 saturated carbocycles. The summed E-state index contributed by atoms with van der Waals surface area (Å²) in [4.78, 5) is 35.8. The van der Waals surface area contributed by atoms with Crippen LogP contribution in [-0.2, 0) is 35.5 Å². The van der Waals surface area contributed by atoms with E-state index in [1.54, 1.807) is 17.5 Å². The number of nitrogens with zero attached hydrogens (tertiary/aromatic N) is 3. The molecule has 0 radical (unpaired) electrons. The monoisotopic (exact) mass is 443 g/mol. The van der Waals surface area contributed by atoms with Crippen LogP contribution in [0.15, 0.2) is 47.4 Å². The number of aliphatic imine (C=N–C) groups is 1. The number of hydrogen-bond donors (Lipinski definition) is 2. The quantitative estimate of drug-likeness (QED) is 0.708. The predicted octanol–water partition coefficient (Wildman–Crippen LogP) is 2.85. The molecule has 0 saturated heterocycles. The van der Waals surface area contributed by atoms with Gasteiger partial charge in [-0.2, -0.15) is 0 Å². The molecule has 4 rings (SSSR count). The summed E-state index contributed by atoms with van der Waals surface area (Å²) < 4.78 is 0. The highest BCUT2D eigenvalue weighted by Crippen LogP contribution is 2.33. The fourth-order valence-electron chi connectivity index (χ4n) is 3.64. The van der Waals surface area contributed by atoms with Crippen molar-refractivity contribution < 1.29 is 19.8 Å². The average molecular weight is 444 g/mol. The summed E-state index contributed by atoms with van der Waals surface area (Å²) in [5.74, 6) is -1.96. The topological polar surface area (TPSA) is 103 Å². The molecule has 2 aliphatic heterocycles. The molecule has 0 bridgehead atoms. The maximum atomic E-state index is 11.7. The van der Waals surface area contributed by atoms with Gasteiger partial charge in [-0.1, -0.05) is 6.07 Å². The minimum Gasteiger partial charge on any atom is -0.478 e. The van der Waals surface area contributed by atoms with E-state index in [1.807, 2.05) is 12.3 Å². The highest BCUT2D eigenvalue weighted by molar-refractivity contribution is 8.00. The highest BCUT2D eigenvalue weighted by atomic mass is 32.2. The molecule has 2 N–H and O–H groups in total. The van der Waals surface area contributed by atoms with E-state index in [2.05, 4.69) is 27.0 Å². The summed E-state index contributed by atoms with van der Waals surface area (Å²) in [7, 11) is 0. The van der Waals surface area contributed by atoms with Gasteiger partial charge >= 0.3 is 11.9 Å². The van der Waals surface area contributed by atoms with E-state index in [4.69, 9.17) is 0 Å². The third-order valence-corrected chi connectivity index (χ3v) is 7.66. The first-order valence-corrected chi connectivity index (χ1v) is 11.4. The molecule has 156 valence electrons. The zero-order valence-corrected chi connectivity index (χ0v) is 17.8. The van der Waals surface area contributed by atoms with Crippen LogP contribution in [-0.4, -0.2) is 55.3 Å². The largest absolute Gasteiger partial charge is 0.478 e. The van der Waals surface area contributed by atoms with Crippen LogP contribution in [0.1, 0.15) is 20.9 Å². The van der Waals surface area contributed by atoms with Gasteiger partial charge in [0.05, 0.1) is 5.57 Å². The van der Waals surface area contributed by atoms with Crippen LogP contribution in [0.25, 0.3) is 0 Å². The third-order valence-electron chi connectivity index (χ3n) is 5.13. The van der Waals surface area contributed by atoms with Crippen molar-refractivity contribution in [3.05, 3.63) is 63.2 Å². The van der Waals surface area contributed by atoms with Gasteiger partial charge in [0.25, 0.3) is 0 Å². The minimum atomic E-state index is -1.11. The van der Waals surface area contributed by atoms with Crippen LogP contribution in [0.5, 0.6) is 0 Å². The van der Waals surface area contributed by atoms with Crippen molar-refractivity contribution in [3.63, 3.8) is 0 Å². The number of pyridine rings is 1. The smallest absolute Gasteiger partial charge is 0.351 e. The van der Waals surface area contributed by atoms with E-state index in [9.17, 15) is 19.8 Å². The first-order chi connectivity index (χ1) is 14.5. The van der Waals surface area contributed by atoms with E-state index in [0.717, 1.165) is 30.9 Å². The molecule has 9 heteroatoms. The van der Waals surface area contributed by atoms with Crippen LogP contribution in [0.3, 0.4) is 0 Å².